The molecule has 1 aromatic rings. The first kappa shape index (κ1) is 25.5. The molecule has 0 atom stereocenters. The maximum atomic E-state index is 5.54. The number of nitrogen functional groups attached to an aromatic ring is 1. The van der Waals surface area contributed by atoms with Gasteiger partial charge in [0.2, 0.25) is 17.8 Å². The first-order chi connectivity index (χ1) is 15.2. The van der Waals surface area contributed by atoms with Crippen LogP contribution in [0.3, 0.4) is 0 Å². The van der Waals surface area contributed by atoms with E-state index in [2.05, 4.69) is 54.8 Å². The average Bonchev–Trinajstić information content (AvgIpc) is 2.79. The molecule has 1 aromatic heterocycles. The number of nitrogens with zero attached hydrogens (tertiary/aromatic N) is 5. The molecule has 1 saturated heterocycles. The lowest BCUT2D eigenvalue weighted by Crippen LogP contribution is -2.44. The summed E-state index contributed by atoms with van der Waals surface area (Å²) in [5.41, 5.74) is 2.54. The Morgan fingerprint density at radius 1 is 0.710 bits per heavy atom. The minimum atomic E-state index is 0.381. The number of likely N-dealkylation sites (N-methyl/N-ethyl adjacent to an activating group) is 1. The number of aromatic nitrogens is 3. The highest BCUT2D eigenvalue weighted by atomic mass is 15.3. The predicted octanol–water partition coefficient (Wildman–Crippen LogP) is 3.15. The summed E-state index contributed by atoms with van der Waals surface area (Å²) in [6.07, 6.45) is 12.9. The van der Waals surface area contributed by atoms with Crippen LogP contribution >= 0.6 is 0 Å². The molecule has 2 heterocycles. The van der Waals surface area contributed by atoms with Gasteiger partial charge in [-0.3, -0.25) is 5.43 Å². The normalized spacial score (nSPS) is 15.2. The van der Waals surface area contributed by atoms with Crippen LogP contribution in [0.25, 0.3) is 0 Å². The van der Waals surface area contributed by atoms with Crippen molar-refractivity contribution >= 4 is 17.8 Å². The van der Waals surface area contributed by atoms with Crippen LogP contribution in [0.4, 0.5) is 17.8 Å². The third-order valence-electron chi connectivity index (χ3n) is 5.86. The second-order valence-corrected chi connectivity index (χ2v) is 8.63. The van der Waals surface area contributed by atoms with Gasteiger partial charge in [-0.15, -0.1) is 0 Å². The molecule has 1 aliphatic heterocycles. The topological polar surface area (TPSA) is 107 Å². The first-order valence-corrected chi connectivity index (χ1v) is 12.3. The Kier molecular flexibility index (Phi) is 13.2. The van der Waals surface area contributed by atoms with Gasteiger partial charge >= 0.3 is 0 Å². The molecule has 2 rings (SSSR count). The van der Waals surface area contributed by atoms with E-state index in [1.54, 1.807) is 0 Å². The summed E-state index contributed by atoms with van der Waals surface area (Å²) in [4.78, 5) is 18.0. The zero-order chi connectivity index (χ0) is 22.2. The molecule has 9 nitrogen and oxygen atoms in total. The number of nitrogens with two attached hydrogens (primary N) is 1. The molecule has 0 radical (unpaired) electrons. The SMILES string of the molecule is CCCCCCCCCCCNc1nc(NN)nc(NCCCN2CCN(C)CC2)n1. The molecule has 0 aromatic carbocycles. The van der Waals surface area contributed by atoms with E-state index in [0.717, 1.165) is 58.7 Å². The Balaban J connectivity index is 1.60. The first-order valence-electron chi connectivity index (χ1n) is 12.3. The Hall–Kier alpha value is -1.71. The summed E-state index contributed by atoms with van der Waals surface area (Å²) >= 11 is 0. The summed E-state index contributed by atoms with van der Waals surface area (Å²) < 4.78 is 0. The van der Waals surface area contributed by atoms with Crippen LogP contribution in [0.5, 0.6) is 0 Å². The molecule has 9 heteroatoms. The molecule has 5 N–H and O–H groups in total. The van der Waals surface area contributed by atoms with Gasteiger partial charge in [-0.25, -0.2) is 5.84 Å². The van der Waals surface area contributed by atoms with Crippen LogP contribution in [0.15, 0.2) is 0 Å². The number of anilines is 3. The maximum absolute atomic E-state index is 5.54. The van der Waals surface area contributed by atoms with Gasteiger partial charge in [0.1, 0.15) is 0 Å². The quantitative estimate of drug-likeness (QED) is 0.167. The Labute approximate surface area is 188 Å². The van der Waals surface area contributed by atoms with E-state index in [9.17, 15) is 0 Å². The monoisotopic (exact) mass is 435 g/mol. The van der Waals surface area contributed by atoms with Gasteiger partial charge in [0.15, 0.2) is 0 Å². The predicted molar refractivity (Wildman–Crippen MR) is 130 cm³/mol. The van der Waals surface area contributed by atoms with Crippen molar-refractivity contribution in [3.8, 4) is 0 Å². The van der Waals surface area contributed by atoms with Crippen molar-refractivity contribution in [3.05, 3.63) is 0 Å². The van der Waals surface area contributed by atoms with Crippen molar-refractivity contribution in [2.75, 3.05) is 68.9 Å². The van der Waals surface area contributed by atoms with Gasteiger partial charge in [0.05, 0.1) is 0 Å². The van der Waals surface area contributed by atoms with Crippen molar-refractivity contribution in [1.29, 1.82) is 0 Å². The average molecular weight is 436 g/mol. The van der Waals surface area contributed by atoms with Crippen LogP contribution in [-0.4, -0.2) is 77.6 Å². The van der Waals surface area contributed by atoms with Crippen molar-refractivity contribution < 1.29 is 0 Å². The minimum Gasteiger partial charge on any atom is -0.354 e. The van der Waals surface area contributed by atoms with Crippen LogP contribution in [0, 0.1) is 0 Å². The lowest BCUT2D eigenvalue weighted by Gasteiger charge is -2.32. The standard InChI is InChI=1S/C22H45N9/c1-3-4-5-6-7-8-9-10-11-13-24-20-26-21(28-22(27-20)29-23)25-14-12-15-31-18-16-30(2)17-19-31/h3-19,23H2,1-2H3,(H3,24,25,26,27,28,29). The molecule has 0 aliphatic carbocycles. The third-order valence-corrected chi connectivity index (χ3v) is 5.86. The number of hydrogen-bond donors (Lipinski definition) is 4. The summed E-state index contributed by atoms with van der Waals surface area (Å²) in [7, 11) is 2.18. The van der Waals surface area contributed by atoms with Gasteiger partial charge < -0.3 is 20.4 Å². The molecule has 0 spiro atoms. The van der Waals surface area contributed by atoms with E-state index < -0.39 is 0 Å². The van der Waals surface area contributed by atoms with Gasteiger partial charge in [0.25, 0.3) is 0 Å². The number of nitrogens with one attached hydrogen (secondary N) is 3. The van der Waals surface area contributed by atoms with Crippen LogP contribution in [-0.2, 0) is 0 Å². The summed E-state index contributed by atoms with van der Waals surface area (Å²) in [5, 5.41) is 6.63. The molecule has 0 unspecified atom stereocenters. The van der Waals surface area contributed by atoms with E-state index in [1.807, 2.05) is 0 Å². The Bertz CT molecular complexity index is 576. The fourth-order valence-corrected chi connectivity index (χ4v) is 3.81. The Morgan fingerprint density at radius 3 is 1.81 bits per heavy atom. The smallest absolute Gasteiger partial charge is 0.243 e. The number of hydrogen-bond acceptors (Lipinski definition) is 9. The van der Waals surface area contributed by atoms with Crippen molar-refractivity contribution in [2.45, 2.75) is 71.1 Å². The highest BCUT2D eigenvalue weighted by Crippen LogP contribution is 2.11. The number of rotatable bonds is 17. The summed E-state index contributed by atoms with van der Waals surface area (Å²) in [6.45, 7) is 9.66. The zero-order valence-electron chi connectivity index (χ0n) is 19.8. The van der Waals surface area contributed by atoms with Crippen molar-refractivity contribution in [3.63, 3.8) is 0 Å². The van der Waals surface area contributed by atoms with E-state index >= 15 is 0 Å². The zero-order valence-corrected chi connectivity index (χ0v) is 19.8. The lowest BCUT2D eigenvalue weighted by molar-refractivity contribution is 0.154. The molecule has 0 saturated carbocycles. The van der Waals surface area contributed by atoms with Crippen LogP contribution in [0.1, 0.15) is 71.1 Å². The van der Waals surface area contributed by atoms with Crippen molar-refractivity contribution in [1.82, 2.24) is 24.8 Å². The molecule has 0 amide bonds. The second kappa shape index (κ2) is 16.0. The minimum absolute atomic E-state index is 0.381. The van der Waals surface area contributed by atoms with E-state index in [-0.39, 0.29) is 0 Å². The highest BCUT2D eigenvalue weighted by molar-refractivity contribution is 5.41. The van der Waals surface area contributed by atoms with Gasteiger partial charge in [-0.05, 0) is 26.4 Å². The van der Waals surface area contributed by atoms with Crippen molar-refractivity contribution in [2.24, 2.45) is 5.84 Å². The molecule has 0 bridgehead atoms. The number of piperazine rings is 1. The molecule has 1 fully saturated rings. The number of unbranched alkanes of at least 4 members (excludes halogenated alkanes) is 8. The molecule has 1 aliphatic rings. The third kappa shape index (κ3) is 11.5. The lowest BCUT2D eigenvalue weighted by atomic mass is 10.1. The molecule has 178 valence electrons. The molecular formula is C22H45N9. The second-order valence-electron chi connectivity index (χ2n) is 8.63. The van der Waals surface area contributed by atoms with E-state index in [4.69, 9.17) is 5.84 Å². The summed E-state index contributed by atoms with van der Waals surface area (Å²) in [6, 6.07) is 0. The van der Waals surface area contributed by atoms with Gasteiger partial charge in [-0.2, -0.15) is 15.0 Å². The van der Waals surface area contributed by atoms with E-state index in [0.29, 0.717) is 17.8 Å². The highest BCUT2D eigenvalue weighted by Gasteiger charge is 2.13. The maximum Gasteiger partial charge on any atom is 0.243 e. The summed E-state index contributed by atoms with van der Waals surface area (Å²) in [5.74, 6) is 7.05. The fourth-order valence-electron chi connectivity index (χ4n) is 3.81. The van der Waals surface area contributed by atoms with Crippen LogP contribution in [0.2, 0.25) is 0 Å². The van der Waals surface area contributed by atoms with Crippen LogP contribution < -0.4 is 21.9 Å². The molecule has 31 heavy (non-hydrogen) atoms. The van der Waals surface area contributed by atoms with Gasteiger partial charge in [0, 0.05) is 39.3 Å². The van der Waals surface area contributed by atoms with Gasteiger partial charge in [-0.1, -0.05) is 58.3 Å². The number of hydrazine groups is 1. The fraction of sp³-hybridized carbons (Fsp3) is 0.864. The Morgan fingerprint density at radius 2 is 1.23 bits per heavy atom. The van der Waals surface area contributed by atoms with E-state index in [1.165, 1.54) is 51.4 Å². The largest absolute Gasteiger partial charge is 0.354 e. The molecular weight excluding hydrogens is 390 g/mol.